The number of sulfonamides is 1. The second kappa shape index (κ2) is 7.81. The molecule has 1 atom stereocenters. The summed E-state index contributed by atoms with van der Waals surface area (Å²) in [6.45, 7) is 6.09. The average molecular weight is 430 g/mol. The van der Waals surface area contributed by atoms with E-state index in [1.165, 1.54) is 16.4 Å². The van der Waals surface area contributed by atoms with E-state index in [1.807, 2.05) is 19.1 Å². The molecule has 1 aromatic carbocycles. The number of hydrogen-bond acceptors (Lipinski definition) is 5. The van der Waals surface area contributed by atoms with Crippen LogP contribution in [-0.2, 0) is 10.0 Å². The molecular formula is C21H24FN5O2S. The number of halogens is 1. The zero-order chi connectivity index (χ0) is 21.5. The molecule has 30 heavy (non-hydrogen) atoms. The summed E-state index contributed by atoms with van der Waals surface area (Å²) in [6.07, 6.45) is 0.686. The average Bonchev–Trinajstić information content (AvgIpc) is 3.29. The summed E-state index contributed by atoms with van der Waals surface area (Å²) in [7, 11) is -3.62. The van der Waals surface area contributed by atoms with Crippen LogP contribution in [0.25, 0.3) is 0 Å². The van der Waals surface area contributed by atoms with Gasteiger partial charge in [0, 0.05) is 41.8 Å². The van der Waals surface area contributed by atoms with Crippen LogP contribution < -0.4 is 5.32 Å². The molecule has 0 aliphatic carbocycles. The molecule has 3 aromatic rings. The van der Waals surface area contributed by atoms with Crippen molar-refractivity contribution in [2.45, 2.75) is 38.0 Å². The maximum Gasteiger partial charge on any atom is 0.246 e. The van der Waals surface area contributed by atoms with Gasteiger partial charge >= 0.3 is 0 Å². The third-order valence-corrected chi connectivity index (χ3v) is 7.44. The first-order valence-electron chi connectivity index (χ1n) is 9.77. The maximum absolute atomic E-state index is 13.5. The Morgan fingerprint density at radius 1 is 1.17 bits per heavy atom. The van der Waals surface area contributed by atoms with Crippen LogP contribution in [0.4, 0.5) is 15.8 Å². The molecule has 9 heteroatoms. The van der Waals surface area contributed by atoms with E-state index in [1.54, 1.807) is 26.0 Å². The first-order chi connectivity index (χ1) is 14.2. The molecule has 4 rings (SSSR count). The Hall–Kier alpha value is -2.78. The first-order valence-corrected chi connectivity index (χ1v) is 11.2. The highest BCUT2D eigenvalue weighted by molar-refractivity contribution is 7.89. The number of nitrogens with one attached hydrogen (secondary N) is 2. The van der Waals surface area contributed by atoms with E-state index in [4.69, 9.17) is 0 Å². The Kier molecular flexibility index (Phi) is 5.33. The van der Waals surface area contributed by atoms with Crippen molar-refractivity contribution in [3.63, 3.8) is 0 Å². The normalized spacial score (nSPS) is 17.4. The Labute approximate surface area is 175 Å². The highest BCUT2D eigenvalue weighted by atomic mass is 32.2. The van der Waals surface area contributed by atoms with Crippen LogP contribution in [0.15, 0.2) is 41.3 Å². The molecule has 1 fully saturated rings. The van der Waals surface area contributed by atoms with Gasteiger partial charge in [-0.2, -0.15) is 9.40 Å². The molecular weight excluding hydrogens is 405 g/mol. The molecule has 0 bridgehead atoms. The lowest BCUT2D eigenvalue weighted by Crippen LogP contribution is -2.29. The molecule has 0 unspecified atom stereocenters. The Bertz CT molecular complexity index is 1170. The van der Waals surface area contributed by atoms with E-state index in [0.717, 1.165) is 17.1 Å². The van der Waals surface area contributed by atoms with Gasteiger partial charge in [0.05, 0.1) is 11.4 Å². The van der Waals surface area contributed by atoms with Gasteiger partial charge in [-0.05, 0) is 57.5 Å². The number of aromatic nitrogens is 3. The second-order valence-electron chi connectivity index (χ2n) is 7.67. The summed E-state index contributed by atoms with van der Waals surface area (Å²) >= 11 is 0. The van der Waals surface area contributed by atoms with Crippen molar-refractivity contribution in [1.82, 2.24) is 19.5 Å². The number of nitrogens with zero attached hydrogens (tertiary/aromatic N) is 3. The third kappa shape index (κ3) is 3.95. The third-order valence-electron chi connectivity index (χ3n) is 5.31. The van der Waals surface area contributed by atoms with Gasteiger partial charge in [0.15, 0.2) is 0 Å². The first kappa shape index (κ1) is 20.5. The van der Waals surface area contributed by atoms with Crippen LogP contribution >= 0.6 is 0 Å². The van der Waals surface area contributed by atoms with E-state index in [2.05, 4.69) is 20.5 Å². The van der Waals surface area contributed by atoms with Crippen molar-refractivity contribution >= 4 is 21.4 Å². The largest absolute Gasteiger partial charge is 0.355 e. The molecule has 3 heterocycles. The predicted molar refractivity (Wildman–Crippen MR) is 113 cm³/mol. The predicted octanol–water partition coefficient (Wildman–Crippen LogP) is 3.79. The Morgan fingerprint density at radius 3 is 2.67 bits per heavy atom. The van der Waals surface area contributed by atoms with Crippen molar-refractivity contribution in [2.24, 2.45) is 0 Å². The highest BCUT2D eigenvalue weighted by Crippen LogP contribution is 2.33. The summed E-state index contributed by atoms with van der Waals surface area (Å²) in [5.74, 6) is -0.326. The number of H-pyrrole nitrogens is 1. The van der Waals surface area contributed by atoms with E-state index in [0.29, 0.717) is 36.6 Å². The van der Waals surface area contributed by atoms with Crippen LogP contribution in [0.1, 0.15) is 35.1 Å². The van der Waals surface area contributed by atoms with E-state index >= 15 is 0 Å². The number of aryl methyl sites for hydroxylation is 3. The number of pyridine rings is 1. The van der Waals surface area contributed by atoms with Gasteiger partial charge in [0.1, 0.15) is 10.7 Å². The molecule has 0 amide bonds. The van der Waals surface area contributed by atoms with Crippen molar-refractivity contribution in [1.29, 1.82) is 0 Å². The van der Waals surface area contributed by atoms with Crippen molar-refractivity contribution in [2.75, 3.05) is 18.4 Å². The van der Waals surface area contributed by atoms with Crippen molar-refractivity contribution < 1.29 is 12.8 Å². The minimum Gasteiger partial charge on any atom is -0.355 e. The zero-order valence-corrected chi connectivity index (χ0v) is 17.9. The summed E-state index contributed by atoms with van der Waals surface area (Å²) < 4.78 is 41.2. The lowest BCUT2D eigenvalue weighted by molar-refractivity contribution is 0.471. The standard InChI is InChI=1S/C21H24FN5O2S/c1-13-9-19(24-18-6-4-5-17(22)10-18)11-20(23-13)16-7-8-27(12-16)30(28,29)21-14(2)25-26-15(21)3/h4-6,9-11,16H,7-8,12H2,1-3H3,(H,23,24)(H,25,26)/t16-/m0/s1. The van der Waals surface area contributed by atoms with Gasteiger partial charge < -0.3 is 5.32 Å². The molecule has 7 nitrogen and oxygen atoms in total. The molecule has 1 aliphatic heterocycles. The second-order valence-corrected chi connectivity index (χ2v) is 9.54. The number of benzene rings is 1. The van der Waals surface area contributed by atoms with Crippen LogP contribution in [0.5, 0.6) is 0 Å². The lowest BCUT2D eigenvalue weighted by atomic mass is 10.0. The van der Waals surface area contributed by atoms with Gasteiger partial charge in [-0.25, -0.2) is 12.8 Å². The monoisotopic (exact) mass is 429 g/mol. The minimum absolute atomic E-state index is 0.0137. The van der Waals surface area contributed by atoms with E-state index in [9.17, 15) is 12.8 Å². The fourth-order valence-corrected chi connectivity index (χ4v) is 5.78. The lowest BCUT2D eigenvalue weighted by Gasteiger charge is -2.17. The fourth-order valence-electron chi connectivity index (χ4n) is 3.95. The van der Waals surface area contributed by atoms with Gasteiger partial charge in [-0.3, -0.25) is 10.1 Å². The molecule has 0 saturated carbocycles. The van der Waals surface area contributed by atoms with E-state index in [-0.39, 0.29) is 16.6 Å². The summed E-state index contributed by atoms with van der Waals surface area (Å²) in [5, 5.41) is 9.97. The summed E-state index contributed by atoms with van der Waals surface area (Å²) in [5.41, 5.74) is 4.11. The highest BCUT2D eigenvalue weighted by Gasteiger charge is 2.36. The summed E-state index contributed by atoms with van der Waals surface area (Å²) in [4.78, 5) is 4.89. The molecule has 0 radical (unpaired) electrons. The Morgan fingerprint density at radius 2 is 1.97 bits per heavy atom. The van der Waals surface area contributed by atoms with Gasteiger partial charge in [-0.15, -0.1) is 0 Å². The topological polar surface area (TPSA) is 91.0 Å². The molecule has 158 valence electrons. The maximum atomic E-state index is 13.5. The van der Waals surface area contributed by atoms with Gasteiger partial charge in [-0.1, -0.05) is 6.07 Å². The number of aromatic amines is 1. The molecule has 1 aliphatic rings. The number of hydrogen-bond donors (Lipinski definition) is 2. The fraction of sp³-hybridized carbons (Fsp3) is 0.333. The minimum atomic E-state index is -3.62. The van der Waals surface area contributed by atoms with Crippen molar-refractivity contribution in [3.05, 3.63) is 65.0 Å². The van der Waals surface area contributed by atoms with Gasteiger partial charge in [0.2, 0.25) is 10.0 Å². The van der Waals surface area contributed by atoms with E-state index < -0.39 is 10.0 Å². The van der Waals surface area contributed by atoms with Gasteiger partial charge in [0.25, 0.3) is 0 Å². The molecule has 2 aromatic heterocycles. The molecule has 1 saturated heterocycles. The molecule has 2 N–H and O–H groups in total. The van der Waals surface area contributed by atoms with Crippen molar-refractivity contribution in [3.8, 4) is 0 Å². The Balaban J connectivity index is 1.56. The van der Waals surface area contributed by atoms with Crippen LogP contribution in [0, 0.1) is 26.6 Å². The zero-order valence-electron chi connectivity index (χ0n) is 17.1. The van der Waals surface area contributed by atoms with Crippen LogP contribution in [0.3, 0.4) is 0 Å². The summed E-state index contributed by atoms with van der Waals surface area (Å²) in [6, 6.07) is 10.0. The SMILES string of the molecule is Cc1cc(Nc2cccc(F)c2)cc([C@H]2CCN(S(=O)(=O)c3c(C)n[nH]c3C)C2)n1. The quantitative estimate of drug-likeness (QED) is 0.644. The van der Waals surface area contributed by atoms with Crippen LogP contribution in [0.2, 0.25) is 0 Å². The molecule has 0 spiro atoms. The number of anilines is 2. The number of rotatable bonds is 5. The van der Waals surface area contributed by atoms with Crippen LogP contribution in [-0.4, -0.2) is 41.0 Å². The smallest absolute Gasteiger partial charge is 0.246 e.